The van der Waals surface area contributed by atoms with E-state index < -0.39 is 0 Å². The van der Waals surface area contributed by atoms with Crippen molar-refractivity contribution in [3.05, 3.63) is 30.1 Å². The van der Waals surface area contributed by atoms with Crippen molar-refractivity contribution in [2.45, 2.75) is 32.2 Å². The number of amides is 1. The van der Waals surface area contributed by atoms with Crippen LogP contribution in [0.1, 0.15) is 25.3 Å². The fourth-order valence-electron chi connectivity index (χ4n) is 2.56. The minimum Gasteiger partial charge on any atom is -0.341 e. The van der Waals surface area contributed by atoms with Crippen molar-refractivity contribution >= 4 is 5.91 Å². The van der Waals surface area contributed by atoms with Gasteiger partial charge in [-0.25, -0.2) is 0 Å². The molecule has 4 nitrogen and oxygen atoms in total. The molecule has 4 heteroatoms. The molecule has 1 amide bonds. The first kappa shape index (κ1) is 13.0. The predicted octanol–water partition coefficient (Wildman–Crippen LogP) is 1.21. The summed E-state index contributed by atoms with van der Waals surface area (Å²) in [6, 6.07) is 4.05. The van der Waals surface area contributed by atoms with E-state index in [2.05, 4.69) is 11.9 Å². The molecule has 0 bridgehead atoms. The van der Waals surface area contributed by atoms with Crippen LogP contribution in [0.4, 0.5) is 0 Å². The Labute approximate surface area is 108 Å². The SMILES string of the molecule is CC1CC(N)CN(C(=O)CCc2ccncc2)C1. The third-order valence-corrected chi connectivity index (χ3v) is 3.42. The Bertz CT molecular complexity index is 383. The lowest BCUT2D eigenvalue weighted by Gasteiger charge is -2.34. The van der Waals surface area contributed by atoms with Crippen LogP contribution >= 0.6 is 0 Å². The summed E-state index contributed by atoms with van der Waals surface area (Å²) < 4.78 is 0. The molecule has 2 unspecified atom stereocenters. The molecule has 0 aliphatic carbocycles. The maximum absolute atomic E-state index is 12.1. The highest BCUT2D eigenvalue weighted by Gasteiger charge is 2.25. The lowest BCUT2D eigenvalue weighted by molar-refractivity contribution is -0.133. The second-order valence-corrected chi connectivity index (χ2v) is 5.26. The Hall–Kier alpha value is -1.42. The fraction of sp³-hybridized carbons (Fsp3) is 0.571. The first-order valence-corrected chi connectivity index (χ1v) is 6.57. The minimum absolute atomic E-state index is 0.138. The van der Waals surface area contributed by atoms with Crippen molar-refractivity contribution < 1.29 is 4.79 Å². The monoisotopic (exact) mass is 247 g/mol. The molecular formula is C14H21N3O. The Morgan fingerprint density at radius 2 is 2.17 bits per heavy atom. The third-order valence-electron chi connectivity index (χ3n) is 3.42. The molecule has 2 atom stereocenters. The average Bonchev–Trinajstić information content (AvgIpc) is 2.36. The van der Waals surface area contributed by atoms with E-state index in [1.165, 1.54) is 0 Å². The van der Waals surface area contributed by atoms with E-state index in [-0.39, 0.29) is 11.9 Å². The molecule has 2 rings (SSSR count). The van der Waals surface area contributed by atoms with Crippen LogP contribution in [0.15, 0.2) is 24.5 Å². The molecule has 1 saturated heterocycles. The summed E-state index contributed by atoms with van der Waals surface area (Å²) in [5.74, 6) is 0.729. The van der Waals surface area contributed by atoms with E-state index in [0.717, 1.165) is 24.9 Å². The molecule has 1 aromatic heterocycles. The molecular weight excluding hydrogens is 226 g/mol. The number of hydrogen-bond donors (Lipinski definition) is 1. The third kappa shape index (κ3) is 3.53. The largest absolute Gasteiger partial charge is 0.341 e. The number of hydrogen-bond acceptors (Lipinski definition) is 3. The highest BCUT2D eigenvalue weighted by atomic mass is 16.2. The Balaban J connectivity index is 1.84. The fourth-order valence-corrected chi connectivity index (χ4v) is 2.56. The standard InChI is InChI=1S/C14H21N3O/c1-11-8-13(15)10-17(9-11)14(18)3-2-12-4-6-16-7-5-12/h4-7,11,13H,2-3,8-10,15H2,1H3. The van der Waals surface area contributed by atoms with Crippen LogP contribution < -0.4 is 5.73 Å². The zero-order valence-corrected chi connectivity index (χ0v) is 10.9. The molecule has 1 aliphatic heterocycles. The molecule has 98 valence electrons. The molecule has 1 fully saturated rings. The number of piperidine rings is 1. The topological polar surface area (TPSA) is 59.2 Å². The van der Waals surface area contributed by atoms with Gasteiger partial charge in [-0.05, 0) is 36.5 Å². The predicted molar refractivity (Wildman–Crippen MR) is 70.9 cm³/mol. The number of pyridine rings is 1. The van der Waals surface area contributed by atoms with Gasteiger partial charge in [-0.1, -0.05) is 6.92 Å². The number of nitrogens with zero attached hydrogens (tertiary/aromatic N) is 2. The summed E-state index contributed by atoms with van der Waals surface area (Å²) in [4.78, 5) is 18.0. The molecule has 0 radical (unpaired) electrons. The molecule has 0 aromatic carbocycles. The van der Waals surface area contributed by atoms with Gasteiger partial charge in [-0.15, -0.1) is 0 Å². The number of nitrogens with two attached hydrogens (primary N) is 1. The van der Waals surface area contributed by atoms with Crippen LogP contribution in [0.5, 0.6) is 0 Å². The summed E-state index contributed by atoms with van der Waals surface area (Å²) in [5, 5.41) is 0. The number of aromatic nitrogens is 1. The number of rotatable bonds is 3. The molecule has 2 N–H and O–H groups in total. The molecule has 2 heterocycles. The van der Waals surface area contributed by atoms with Gasteiger partial charge in [0.05, 0.1) is 0 Å². The van der Waals surface area contributed by atoms with Gasteiger partial charge in [0.15, 0.2) is 0 Å². The summed E-state index contributed by atoms with van der Waals surface area (Å²) in [7, 11) is 0. The van der Waals surface area contributed by atoms with Crippen molar-refractivity contribution in [1.82, 2.24) is 9.88 Å². The first-order chi connectivity index (χ1) is 8.65. The molecule has 18 heavy (non-hydrogen) atoms. The zero-order chi connectivity index (χ0) is 13.0. The van der Waals surface area contributed by atoms with Gasteiger partial charge < -0.3 is 10.6 Å². The van der Waals surface area contributed by atoms with Crippen LogP contribution in [0.2, 0.25) is 0 Å². The van der Waals surface area contributed by atoms with Crippen LogP contribution in [0, 0.1) is 5.92 Å². The maximum Gasteiger partial charge on any atom is 0.222 e. The molecule has 1 aliphatic rings. The van der Waals surface area contributed by atoms with Crippen molar-refractivity contribution in [3.8, 4) is 0 Å². The highest BCUT2D eigenvalue weighted by molar-refractivity contribution is 5.76. The number of carbonyl (C=O) groups excluding carboxylic acids is 1. The Kier molecular flexibility index (Phi) is 4.31. The smallest absolute Gasteiger partial charge is 0.222 e. The molecule has 1 aromatic rings. The van der Waals surface area contributed by atoms with Crippen molar-refractivity contribution in [2.75, 3.05) is 13.1 Å². The van der Waals surface area contributed by atoms with Crippen LogP contribution in [0.3, 0.4) is 0 Å². The summed E-state index contributed by atoms with van der Waals surface area (Å²) in [6.07, 6.45) is 5.89. The lowest BCUT2D eigenvalue weighted by atomic mass is 9.96. The van der Waals surface area contributed by atoms with Gasteiger partial charge >= 0.3 is 0 Å². The van der Waals surface area contributed by atoms with E-state index in [1.807, 2.05) is 17.0 Å². The average molecular weight is 247 g/mol. The quantitative estimate of drug-likeness (QED) is 0.873. The molecule has 0 saturated carbocycles. The summed E-state index contributed by atoms with van der Waals surface area (Å²) in [6.45, 7) is 3.71. The van der Waals surface area contributed by atoms with Crippen molar-refractivity contribution in [1.29, 1.82) is 0 Å². The van der Waals surface area contributed by atoms with E-state index in [1.54, 1.807) is 12.4 Å². The van der Waals surface area contributed by atoms with Gasteiger partial charge in [0.1, 0.15) is 0 Å². The highest BCUT2D eigenvalue weighted by Crippen LogP contribution is 2.16. The second-order valence-electron chi connectivity index (χ2n) is 5.26. The van der Waals surface area contributed by atoms with Crippen LogP contribution in [-0.2, 0) is 11.2 Å². The van der Waals surface area contributed by atoms with Gasteiger partial charge in [0.2, 0.25) is 5.91 Å². The van der Waals surface area contributed by atoms with Gasteiger partial charge in [0.25, 0.3) is 0 Å². The normalized spacial score (nSPS) is 24.0. The van der Waals surface area contributed by atoms with E-state index in [0.29, 0.717) is 18.9 Å². The second kappa shape index (κ2) is 5.96. The van der Waals surface area contributed by atoms with Gasteiger partial charge in [0, 0.05) is 37.9 Å². The molecule has 0 spiro atoms. The van der Waals surface area contributed by atoms with Crippen LogP contribution in [0.25, 0.3) is 0 Å². The Morgan fingerprint density at radius 1 is 1.44 bits per heavy atom. The number of likely N-dealkylation sites (tertiary alicyclic amines) is 1. The van der Waals surface area contributed by atoms with Gasteiger partial charge in [-0.3, -0.25) is 9.78 Å². The Morgan fingerprint density at radius 3 is 2.83 bits per heavy atom. The number of carbonyl (C=O) groups is 1. The first-order valence-electron chi connectivity index (χ1n) is 6.57. The lowest BCUT2D eigenvalue weighted by Crippen LogP contribution is -2.48. The van der Waals surface area contributed by atoms with Crippen molar-refractivity contribution in [3.63, 3.8) is 0 Å². The van der Waals surface area contributed by atoms with Crippen molar-refractivity contribution in [2.24, 2.45) is 11.7 Å². The van der Waals surface area contributed by atoms with E-state index >= 15 is 0 Å². The van der Waals surface area contributed by atoms with E-state index in [9.17, 15) is 4.79 Å². The summed E-state index contributed by atoms with van der Waals surface area (Å²) in [5.41, 5.74) is 7.12. The van der Waals surface area contributed by atoms with E-state index in [4.69, 9.17) is 5.73 Å². The van der Waals surface area contributed by atoms with Crippen LogP contribution in [-0.4, -0.2) is 34.9 Å². The zero-order valence-electron chi connectivity index (χ0n) is 10.9. The maximum atomic E-state index is 12.1. The van der Waals surface area contributed by atoms with Gasteiger partial charge in [-0.2, -0.15) is 0 Å². The summed E-state index contributed by atoms with van der Waals surface area (Å²) >= 11 is 0. The number of aryl methyl sites for hydroxylation is 1. The minimum atomic E-state index is 0.138.